The number of pyridine rings is 1. The minimum absolute atomic E-state index is 0.168. The molecule has 3 aliphatic heterocycles. The second-order valence-corrected chi connectivity index (χ2v) is 11.8. The summed E-state index contributed by atoms with van der Waals surface area (Å²) in [7, 11) is 0. The fraction of sp³-hybridized carbons (Fsp3) is 0.516. The van der Waals surface area contributed by atoms with Crippen LogP contribution in [-0.4, -0.2) is 76.9 Å². The molecule has 0 spiro atoms. The van der Waals surface area contributed by atoms with E-state index in [1.165, 1.54) is 12.1 Å². The molecule has 3 saturated heterocycles. The van der Waals surface area contributed by atoms with Crippen LogP contribution in [0, 0.1) is 0 Å². The molecule has 2 aromatic heterocycles. The van der Waals surface area contributed by atoms with Crippen molar-refractivity contribution in [1.29, 1.82) is 0 Å². The lowest BCUT2D eigenvalue weighted by Gasteiger charge is -2.38. The van der Waals surface area contributed by atoms with Crippen LogP contribution in [0.2, 0.25) is 0 Å². The molecular weight excluding hydrogens is 518 g/mol. The van der Waals surface area contributed by atoms with Crippen molar-refractivity contribution in [3.05, 3.63) is 48.7 Å². The van der Waals surface area contributed by atoms with Crippen LogP contribution in [0.3, 0.4) is 0 Å². The Hall–Kier alpha value is -3.63. The molecule has 0 amide bonds. The van der Waals surface area contributed by atoms with Gasteiger partial charge in [0.25, 0.3) is 0 Å². The van der Waals surface area contributed by atoms with Gasteiger partial charge in [-0.25, -0.2) is 4.98 Å². The number of nitrogens with one attached hydrogen (secondary N) is 1. The molecule has 2 bridgehead atoms. The van der Waals surface area contributed by atoms with Crippen molar-refractivity contribution in [3.8, 4) is 22.9 Å². The maximum atomic E-state index is 10.4. The van der Waals surface area contributed by atoms with Gasteiger partial charge in [0.2, 0.25) is 5.88 Å². The van der Waals surface area contributed by atoms with E-state index in [2.05, 4.69) is 42.4 Å². The van der Waals surface area contributed by atoms with E-state index >= 15 is 0 Å². The Morgan fingerprint density at radius 1 is 0.902 bits per heavy atom. The third kappa shape index (κ3) is 5.50. The number of phenols is 1. The van der Waals surface area contributed by atoms with Gasteiger partial charge >= 0.3 is 0 Å². The van der Waals surface area contributed by atoms with Crippen molar-refractivity contribution in [3.63, 3.8) is 0 Å². The number of hydrogen-bond donors (Lipinski definition) is 3. The second kappa shape index (κ2) is 11.3. The fourth-order valence-corrected chi connectivity index (χ4v) is 6.90. The first-order chi connectivity index (χ1) is 20.1. The van der Waals surface area contributed by atoms with E-state index in [0.717, 1.165) is 70.4 Å². The molecule has 2 atom stereocenters. The van der Waals surface area contributed by atoms with Crippen molar-refractivity contribution >= 4 is 17.2 Å². The molecule has 216 valence electrons. The Labute approximate surface area is 240 Å². The van der Waals surface area contributed by atoms with Gasteiger partial charge in [-0.1, -0.05) is 12.1 Å². The number of para-hydroxylation sites is 1. The third-order valence-corrected chi connectivity index (χ3v) is 9.13. The highest BCUT2D eigenvalue weighted by Crippen LogP contribution is 2.39. The smallest absolute Gasteiger partial charge is 0.215 e. The molecule has 5 heterocycles. The standard InChI is InChI=1S/C31H39N7O3/c32-31-28(18-27(35-36-31)26-3-1-2-4-29(26)39)37-14-10-20-5-6-22(19-37)38(20)21-7-13-34-30(15-21)41-25-16-24(17-25)40-23-8-11-33-12-9-23/h1-4,7,13,15,18,20,22-25,33,39H,5-6,8-12,14,16-17,19H2,(H2,32,36). The highest BCUT2D eigenvalue weighted by molar-refractivity contribution is 5.74. The lowest BCUT2D eigenvalue weighted by atomic mass is 9.91. The first kappa shape index (κ1) is 26.3. The summed E-state index contributed by atoms with van der Waals surface area (Å²) in [6.45, 7) is 3.82. The molecule has 1 saturated carbocycles. The van der Waals surface area contributed by atoms with Gasteiger partial charge in [-0.2, -0.15) is 0 Å². The van der Waals surface area contributed by atoms with Gasteiger partial charge in [0, 0.05) is 61.5 Å². The minimum atomic E-state index is 0.168. The number of piperidine rings is 1. The zero-order chi connectivity index (χ0) is 27.8. The normalized spacial score (nSPS) is 26.4. The summed E-state index contributed by atoms with van der Waals surface area (Å²) in [6, 6.07) is 14.2. The van der Waals surface area contributed by atoms with Gasteiger partial charge in [0.1, 0.15) is 11.9 Å². The molecule has 1 aliphatic carbocycles. The van der Waals surface area contributed by atoms with Gasteiger partial charge in [0.05, 0.1) is 23.6 Å². The number of benzene rings is 1. The van der Waals surface area contributed by atoms with E-state index in [4.69, 9.17) is 15.2 Å². The van der Waals surface area contributed by atoms with Gasteiger partial charge in [0.15, 0.2) is 5.82 Å². The van der Waals surface area contributed by atoms with Gasteiger partial charge in [-0.05, 0) is 69.5 Å². The summed E-state index contributed by atoms with van der Waals surface area (Å²) in [5, 5.41) is 22.3. The van der Waals surface area contributed by atoms with Gasteiger partial charge in [-0.3, -0.25) is 0 Å². The Balaban J connectivity index is 1.02. The Kier molecular flexibility index (Phi) is 7.26. The number of rotatable bonds is 7. The number of aromatic hydroxyl groups is 1. The summed E-state index contributed by atoms with van der Waals surface area (Å²) in [4.78, 5) is 9.45. The number of ether oxygens (including phenoxy) is 2. The van der Waals surface area contributed by atoms with Crippen molar-refractivity contribution in [2.75, 3.05) is 41.7 Å². The molecule has 3 aromatic rings. The topological polar surface area (TPSA) is 122 Å². The predicted octanol–water partition coefficient (Wildman–Crippen LogP) is 3.75. The highest BCUT2D eigenvalue weighted by Gasteiger charge is 2.39. The number of phenolic OH excluding ortho intramolecular Hbond substituents is 1. The molecule has 10 nitrogen and oxygen atoms in total. The number of anilines is 3. The van der Waals surface area contributed by atoms with E-state index in [9.17, 15) is 5.11 Å². The molecular formula is C31H39N7O3. The van der Waals surface area contributed by atoms with E-state index < -0.39 is 0 Å². The summed E-state index contributed by atoms with van der Waals surface area (Å²) >= 11 is 0. The van der Waals surface area contributed by atoms with Gasteiger partial charge < -0.3 is 35.4 Å². The van der Waals surface area contributed by atoms with Crippen molar-refractivity contribution in [2.45, 2.75) is 75.3 Å². The summed E-state index contributed by atoms with van der Waals surface area (Å²) in [6.07, 6.45) is 10.1. The highest BCUT2D eigenvalue weighted by atomic mass is 16.5. The van der Waals surface area contributed by atoms with Crippen LogP contribution in [-0.2, 0) is 4.74 Å². The Bertz CT molecular complexity index is 1360. The summed E-state index contributed by atoms with van der Waals surface area (Å²) < 4.78 is 12.6. The molecule has 1 aromatic carbocycles. The Morgan fingerprint density at radius 3 is 2.59 bits per heavy atom. The molecule has 4 N–H and O–H groups in total. The van der Waals surface area contributed by atoms with Crippen molar-refractivity contribution in [2.24, 2.45) is 0 Å². The van der Waals surface area contributed by atoms with Crippen molar-refractivity contribution < 1.29 is 14.6 Å². The number of nitrogens with two attached hydrogens (primary N) is 1. The average molecular weight is 558 g/mol. The van der Waals surface area contributed by atoms with Crippen LogP contribution < -0.4 is 25.6 Å². The van der Waals surface area contributed by atoms with E-state index in [-0.39, 0.29) is 11.9 Å². The molecule has 10 heteroatoms. The SMILES string of the molecule is Nc1nnc(-c2ccccc2O)cc1N1CCC2CCC(C1)N2c1ccnc(OC2CC(OC3CCNCC3)C2)c1. The molecule has 7 rings (SSSR count). The van der Waals surface area contributed by atoms with Crippen molar-refractivity contribution in [1.82, 2.24) is 20.5 Å². The average Bonchev–Trinajstić information content (AvgIpc) is 3.27. The first-order valence-corrected chi connectivity index (χ1v) is 15.0. The summed E-state index contributed by atoms with van der Waals surface area (Å²) in [5.41, 5.74) is 9.66. The van der Waals surface area contributed by atoms with Gasteiger partial charge in [-0.15, -0.1) is 10.2 Å². The first-order valence-electron chi connectivity index (χ1n) is 15.0. The molecule has 41 heavy (non-hydrogen) atoms. The van der Waals surface area contributed by atoms with Crippen LogP contribution in [0.4, 0.5) is 17.2 Å². The minimum Gasteiger partial charge on any atom is -0.507 e. The number of nitrogen functional groups attached to an aromatic ring is 1. The number of nitrogens with zero attached hydrogens (tertiary/aromatic N) is 5. The summed E-state index contributed by atoms with van der Waals surface area (Å²) in [5.74, 6) is 1.29. The van der Waals surface area contributed by atoms with Crippen LogP contribution in [0.25, 0.3) is 11.3 Å². The molecule has 4 fully saturated rings. The maximum absolute atomic E-state index is 10.4. The lowest BCUT2D eigenvalue weighted by molar-refractivity contribution is -0.103. The lowest BCUT2D eigenvalue weighted by Crippen LogP contribution is -2.43. The fourth-order valence-electron chi connectivity index (χ4n) is 6.90. The van der Waals surface area contributed by atoms with Crippen LogP contribution >= 0.6 is 0 Å². The van der Waals surface area contributed by atoms with Crippen LogP contribution in [0.1, 0.15) is 44.9 Å². The Morgan fingerprint density at radius 2 is 1.73 bits per heavy atom. The number of fused-ring (bicyclic) bond motifs is 2. The maximum Gasteiger partial charge on any atom is 0.215 e. The largest absolute Gasteiger partial charge is 0.507 e. The molecule has 4 aliphatic rings. The van der Waals surface area contributed by atoms with Crippen LogP contribution in [0.15, 0.2) is 48.7 Å². The molecule has 2 unspecified atom stereocenters. The third-order valence-electron chi connectivity index (χ3n) is 9.13. The number of hydrogen-bond acceptors (Lipinski definition) is 10. The van der Waals surface area contributed by atoms with Crippen LogP contribution in [0.5, 0.6) is 11.6 Å². The zero-order valence-corrected chi connectivity index (χ0v) is 23.4. The van der Waals surface area contributed by atoms with E-state index in [0.29, 0.717) is 47.2 Å². The molecule has 0 radical (unpaired) electrons. The quantitative estimate of drug-likeness (QED) is 0.396. The van der Waals surface area contributed by atoms with E-state index in [1.807, 2.05) is 24.4 Å². The van der Waals surface area contributed by atoms with E-state index in [1.54, 1.807) is 12.1 Å². The monoisotopic (exact) mass is 557 g/mol. The predicted molar refractivity (Wildman–Crippen MR) is 158 cm³/mol. The zero-order valence-electron chi connectivity index (χ0n) is 23.4. The second-order valence-electron chi connectivity index (χ2n) is 11.8. The number of aromatic nitrogens is 3.